The van der Waals surface area contributed by atoms with Crippen LogP contribution >= 0.6 is 11.3 Å². The summed E-state index contributed by atoms with van der Waals surface area (Å²) in [4.78, 5) is 12.0. The van der Waals surface area contributed by atoms with E-state index in [2.05, 4.69) is 12.2 Å². The second-order valence-electron chi connectivity index (χ2n) is 3.58. The molecule has 1 aromatic heterocycles. The first-order chi connectivity index (χ1) is 7.15. The molecule has 0 aliphatic carbocycles. The van der Waals surface area contributed by atoms with E-state index in [4.69, 9.17) is 5.11 Å². The fraction of sp³-hybridized carbons (Fsp3) is 0.545. The van der Waals surface area contributed by atoms with Gasteiger partial charge in [0.1, 0.15) is 6.04 Å². The first-order valence-electron chi connectivity index (χ1n) is 5.17. The van der Waals surface area contributed by atoms with Crippen molar-refractivity contribution in [2.45, 2.75) is 38.8 Å². The van der Waals surface area contributed by atoms with Gasteiger partial charge in [0.15, 0.2) is 0 Å². The average molecular weight is 227 g/mol. The van der Waals surface area contributed by atoms with Crippen molar-refractivity contribution in [2.75, 3.05) is 0 Å². The molecule has 84 valence electrons. The van der Waals surface area contributed by atoms with Crippen LogP contribution in [-0.4, -0.2) is 17.1 Å². The number of aliphatic carboxylic acids is 1. The fourth-order valence-corrected chi connectivity index (χ4v) is 2.28. The van der Waals surface area contributed by atoms with Crippen molar-refractivity contribution >= 4 is 17.3 Å². The van der Waals surface area contributed by atoms with Gasteiger partial charge >= 0.3 is 5.97 Å². The van der Waals surface area contributed by atoms with Crippen LogP contribution in [0.15, 0.2) is 17.5 Å². The number of thiophene rings is 1. The number of hydrogen-bond donors (Lipinski definition) is 2. The van der Waals surface area contributed by atoms with E-state index in [9.17, 15) is 4.79 Å². The van der Waals surface area contributed by atoms with E-state index in [1.165, 1.54) is 4.88 Å². The van der Waals surface area contributed by atoms with Crippen molar-refractivity contribution in [3.05, 3.63) is 22.4 Å². The van der Waals surface area contributed by atoms with Crippen molar-refractivity contribution in [3.8, 4) is 0 Å². The minimum atomic E-state index is -0.798. The molecular weight excluding hydrogens is 210 g/mol. The lowest BCUT2D eigenvalue weighted by atomic mass is 10.1. The zero-order chi connectivity index (χ0) is 11.3. The summed E-state index contributed by atoms with van der Waals surface area (Å²) in [6.07, 6.45) is 2.01. The maximum atomic E-state index is 10.7. The smallest absolute Gasteiger partial charge is 0.320 e. The Balaban J connectivity index is 2.63. The Bertz CT molecular complexity index is 298. The van der Waals surface area contributed by atoms with Gasteiger partial charge < -0.3 is 5.11 Å². The molecule has 0 bridgehead atoms. The Hall–Kier alpha value is -0.870. The van der Waals surface area contributed by atoms with Crippen LogP contribution in [0.1, 0.15) is 37.6 Å². The first-order valence-corrected chi connectivity index (χ1v) is 6.05. The molecule has 4 heteroatoms. The minimum Gasteiger partial charge on any atom is -0.480 e. The van der Waals surface area contributed by atoms with Gasteiger partial charge in [-0.25, -0.2) is 0 Å². The standard InChI is InChI=1S/C11H17NO2S/c1-3-5-9(10-6-4-7-15-10)12-8(2)11(13)14/h4,6-9,12H,3,5H2,1-2H3,(H,13,14). The molecule has 0 aromatic carbocycles. The summed E-state index contributed by atoms with van der Waals surface area (Å²) in [5, 5.41) is 14.0. The van der Waals surface area contributed by atoms with Crippen LogP contribution < -0.4 is 5.32 Å². The summed E-state index contributed by atoms with van der Waals surface area (Å²) < 4.78 is 0. The van der Waals surface area contributed by atoms with E-state index < -0.39 is 12.0 Å². The second kappa shape index (κ2) is 5.88. The number of carboxylic acid groups (broad SMARTS) is 1. The maximum Gasteiger partial charge on any atom is 0.320 e. The number of carboxylic acids is 1. The Morgan fingerprint density at radius 1 is 1.67 bits per heavy atom. The molecule has 3 nitrogen and oxygen atoms in total. The molecule has 0 fully saturated rings. The van der Waals surface area contributed by atoms with E-state index in [1.54, 1.807) is 18.3 Å². The average Bonchev–Trinajstić information content (AvgIpc) is 2.69. The normalized spacial score (nSPS) is 14.8. The number of rotatable bonds is 6. The molecule has 1 heterocycles. The van der Waals surface area contributed by atoms with Crippen molar-refractivity contribution in [1.82, 2.24) is 5.32 Å². The van der Waals surface area contributed by atoms with Crippen LogP contribution in [0.2, 0.25) is 0 Å². The van der Waals surface area contributed by atoms with Gasteiger partial charge in [0, 0.05) is 10.9 Å². The van der Waals surface area contributed by atoms with Gasteiger partial charge in [-0.3, -0.25) is 10.1 Å². The summed E-state index contributed by atoms with van der Waals surface area (Å²) >= 11 is 1.67. The van der Waals surface area contributed by atoms with Gasteiger partial charge in [-0.15, -0.1) is 11.3 Å². The number of hydrogen-bond acceptors (Lipinski definition) is 3. The second-order valence-corrected chi connectivity index (χ2v) is 4.56. The van der Waals surface area contributed by atoms with Gasteiger partial charge in [0.2, 0.25) is 0 Å². The topological polar surface area (TPSA) is 49.3 Å². The highest BCUT2D eigenvalue weighted by atomic mass is 32.1. The maximum absolute atomic E-state index is 10.7. The molecule has 2 N–H and O–H groups in total. The molecular formula is C11H17NO2S. The van der Waals surface area contributed by atoms with Crippen LogP contribution in [0.25, 0.3) is 0 Å². The molecule has 1 aromatic rings. The Morgan fingerprint density at radius 3 is 2.87 bits per heavy atom. The monoisotopic (exact) mass is 227 g/mol. The Labute approximate surface area is 94.1 Å². The molecule has 0 saturated carbocycles. The van der Waals surface area contributed by atoms with Crippen LogP contribution in [-0.2, 0) is 4.79 Å². The molecule has 0 aliphatic rings. The zero-order valence-corrected chi connectivity index (χ0v) is 9.88. The van der Waals surface area contributed by atoms with Gasteiger partial charge in [0.25, 0.3) is 0 Å². The largest absolute Gasteiger partial charge is 0.480 e. The van der Waals surface area contributed by atoms with Crippen molar-refractivity contribution in [3.63, 3.8) is 0 Å². The van der Waals surface area contributed by atoms with Crippen LogP contribution in [0.4, 0.5) is 0 Å². The Morgan fingerprint density at radius 2 is 2.40 bits per heavy atom. The highest BCUT2D eigenvalue weighted by Gasteiger charge is 2.18. The zero-order valence-electron chi connectivity index (χ0n) is 9.06. The highest BCUT2D eigenvalue weighted by molar-refractivity contribution is 7.10. The fourth-order valence-electron chi connectivity index (χ4n) is 1.46. The van der Waals surface area contributed by atoms with Crippen molar-refractivity contribution in [1.29, 1.82) is 0 Å². The molecule has 0 amide bonds. The third kappa shape index (κ3) is 3.64. The third-order valence-corrected chi connectivity index (χ3v) is 3.27. The molecule has 1 rings (SSSR count). The minimum absolute atomic E-state index is 0.168. The van der Waals surface area contributed by atoms with Gasteiger partial charge in [-0.05, 0) is 24.8 Å². The lowest BCUT2D eigenvalue weighted by Gasteiger charge is -2.19. The molecule has 0 aliphatic heterocycles. The Kier molecular flexibility index (Phi) is 4.78. The first kappa shape index (κ1) is 12.2. The predicted molar refractivity (Wildman–Crippen MR) is 62.2 cm³/mol. The molecule has 15 heavy (non-hydrogen) atoms. The van der Waals surface area contributed by atoms with Crippen LogP contribution in [0.5, 0.6) is 0 Å². The van der Waals surface area contributed by atoms with Crippen molar-refractivity contribution in [2.24, 2.45) is 0 Å². The van der Waals surface area contributed by atoms with Gasteiger partial charge in [-0.2, -0.15) is 0 Å². The predicted octanol–water partition coefficient (Wildman–Crippen LogP) is 2.65. The van der Waals surface area contributed by atoms with E-state index in [-0.39, 0.29) is 6.04 Å². The lowest BCUT2D eigenvalue weighted by Crippen LogP contribution is -2.36. The SMILES string of the molecule is CCCC(NC(C)C(=O)O)c1cccs1. The molecule has 0 radical (unpaired) electrons. The molecule has 2 atom stereocenters. The van der Waals surface area contributed by atoms with E-state index >= 15 is 0 Å². The molecule has 0 spiro atoms. The highest BCUT2D eigenvalue weighted by Crippen LogP contribution is 2.23. The summed E-state index contributed by atoms with van der Waals surface area (Å²) in [5.41, 5.74) is 0. The summed E-state index contributed by atoms with van der Waals surface area (Å²) in [6, 6.07) is 3.72. The van der Waals surface area contributed by atoms with E-state index in [0.29, 0.717) is 0 Å². The number of carbonyl (C=O) groups is 1. The van der Waals surface area contributed by atoms with Crippen LogP contribution in [0.3, 0.4) is 0 Å². The van der Waals surface area contributed by atoms with E-state index in [0.717, 1.165) is 12.8 Å². The molecule has 0 saturated heterocycles. The summed E-state index contributed by atoms with van der Waals surface area (Å²) in [7, 11) is 0. The van der Waals surface area contributed by atoms with Gasteiger partial charge in [0.05, 0.1) is 0 Å². The van der Waals surface area contributed by atoms with Crippen LogP contribution in [0, 0.1) is 0 Å². The quantitative estimate of drug-likeness (QED) is 0.785. The van der Waals surface area contributed by atoms with Crippen molar-refractivity contribution < 1.29 is 9.90 Å². The summed E-state index contributed by atoms with van der Waals surface area (Å²) in [6.45, 7) is 3.78. The third-order valence-electron chi connectivity index (χ3n) is 2.29. The molecule has 2 unspecified atom stereocenters. The number of nitrogens with one attached hydrogen (secondary N) is 1. The van der Waals surface area contributed by atoms with Gasteiger partial charge in [-0.1, -0.05) is 19.4 Å². The summed E-state index contributed by atoms with van der Waals surface area (Å²) in [5.74, 6) is -0.798. The lowest BCUT2D eigenvalue weighted by molar-refractivity contribution is -0.139. The van der Waals surface area contributed by atoms with E-state index in [1.807, 2.05) is 17.5 Å².